The largest absolute Gasteiger partial charge is 0.362 e. The van der Waals surface area contributed by atoms with Crippen LogP contribution in [0, 0.1) is 5.82 Å². The van der Waals surface area contributed by atoms with Gasteiger partial charge >= 0.3 is 0 Å². The monoisotopic (exact) mass is 301 g/mol. The van der Waals surface area contributed by atoms with E-state index in [2.05, 4.69) is 4.90 Å². The first-order valence-corrected chi connectivity index (χ1v) is 7.26. The van der Waals surface area contributed by atoms with E-state index in [1.807, 2.05) is 0 Å². The van der Waals surface area contributed by atoms with Gasteiger partial charge in [-0.25, -0.2) is 4.39 Å². The molecule has 0 spiro atoms. The maximum absolute atomic E-state index is 13.3. The maximum atomic E-state index is 13.3. The molecule has 0 aromatic heterocycles. The van der Waals surface area contributed by atoms with Crippen molar-refractivity contribution in [2.75, 3.05) is 4.90 Å². The highest BCUT2D eigenvalue weighted by atomic mass is 35.5. The fraction of sp³-hybridized carbons (Fsp3) is 0.500. The lowest BCUT2D eigenvalue weighted by molar-refractivity contribution is -0.121. The summed E-state index contributed by atoms with van der Waals surface area (Å²) in [6.45, 7) is 0. The molecule has 2 aliphatic rings. The molecule has 2 aliphatic heterocycles. The lowest BCUT2D eigenvalue weighted by atomic mass is 9.83. The number of piperidine rings is 2. The molecule has 0 aliphatic carbocycles. The standard InChI is InChI=1S/C14H14Cl2FNO/c15-12-4-8(17)5-13(16)14(12)18-9-2-1-3-10(18)7-11(19)6-9/h4-5,9-10H,1-3,6-7H2. The van der Waals surface area contributed by atoms with Crippen molar-refractivity contribution in [2.24, 2.45) is 0 Å². The molecule has 2 atom stereocenters. The third-order valence-corrected chi connectivity index (χ3v) is 4.60. The summed E-state index contributed by atoms with van der Waals surface area (Å²) < 4.78 is 13.3. The lowest BCUT2D eigenvalue weighted by Crippen LogP contribution is -2.52. The van der Waals surface area contributed by atoms with Crippen LogP contribution in [0.1, 0.15) is 32.1 Å². The Morgan fingerprint density at radius 3 is 2.16 bits per heavy atom. The number of ketones is 1. The molecule has 2 heterocycles. The summed E-state index contributed by atoms with van der Waals surface area (Å²) >= 11 is 12.3. The summed E-state index contributed by atoms with van der Waals surface area (Å²) in [5.74, 6) is -0.127. The molecule has 102 valence electrons. The number of hydrogen-bond donors (Lipinski definition) is 0. The van der Waals surface area contributed by atoms with Crippen LogP contribution < -0.4 is 4.90 Å². The van der Waals surface area contributed by atoms with E-state index in [0.717, 1.165) is 19.3 Å². The van der Waals surface area contributed by atoms with E-state index in [9.17, 15) is 9.18 Å². The van der Waals surface area contributed by atoms with Crippen LogP contribution in [0.3, 0.4) is 0 Å². The fourth-order valence-corrected chi connectivity index (χ4v) is 3.98. The van der Waals surface area contributed by atoms with Crippen molar-refractivity contribution in [3.05, 3.63) is 28.0 Å². The molecule has 1 aromatic rings. The Bertz CT molecular complexity index is 495. The van der Waals surface area contributed by atoms with Crippen molar-refractivity contribution in [3.63, 3.8) is 0 Å². The Morgan fingerprint density at radius 2 is 1.63 bits per heavy atom. The number of nitrogens with zero attached hydrogens (tertiary/aromatic N) is 1. The van der Waals surface area contributed by atoms with E-state index in [4.69, 9.17) is 23.2 Å². The van der Waals surface area contributed by atoms with Gasteiger partial charge in [-0.2, -0.15) is 0 Å². The van der Waals surface area contributed by atoms with Crippen molar-refractivity contribution in [2.45, 2.75) is 44.2 Å². The molecule has 1 aromatic carbocycles. The molecule has 2 bridgehead atoms. The zero-order chi connectivity index (χ0) is 13.6. The van der Waals surface area contributed by atoms with Gasteiger partial charge in [0.25, 0.3) is 0 Å². The summed E-state index contributed by atoms with van der Waals surface area (Å²) in [6, 6.07) is 2.88. The molecule has 2 saturated heterocycles. The van der Waals surface area contributed by atoms with Gasteiger partial charge in [0.1, 0.15) is 11.6 Å². The van der Waals surface area contributed by atoms with Gasteiger partial charge in [-0.15, -0.1) is 0 Å². The highest BCUT2D eigenvalue weighted by Crippen LogP contribution is 2.43. The number of carbonyl (C=O) groups is 1. The highest BCUT2D eigenvalue weighted by Gasteiger charge is 2.39. The number of benzene rings is 1. The van der Waals surface area contributed by atoms with Gasteiger partial charge in [0.15, 0.2) is 0 Å². The SMILES string of the molecule is O=C1CC2CCCC(C1)N2c1c(Cl)cc(F)cc1Cl. The third kappa shape index (κ3) is 2.34. The van der Waals surface area contributed by atoms with Crippen molar-refractivity contribution >= 4 is 34.7 Å². The quantitative estimate of drug-likeness (QED) is 0.774. The normalized spacial score (nSPS) is 26.7. The van der Waals surface area contributed by atoms with Crippen molar-refractivity contribution in [3.8, 4) is 0 Å². The van der Waals surface area contributed by atoms with Crippen LogP contribution in [0.25, 0.3) is 0 Å². The number of halogens is 3. The number of rotatable bonds is 1. The summed E-state index contributed by atoms with van der Waals surface area (Å²) in [4.78, 5) is 13.9. The predicted molar refractivity (Wildman–Crippen MR) is 74.6 cm³/mol. The van der Waals surface area contributed by atoms with E-state index in [1.54, 1.807) is 0 Å². The fourth-order valence-electron chi connectivity index (χ4n) is 3.32. The van der Waals surface area contributed by atoms with Crippen LogP contribution in [-0.4, -0.2) is 17.9 Å². The first kappa shape index (κ1) is 13.2. The molecule has 0 radical (unpaired) electrons. The van der Waals surface area contributed by atoms with E-state index >= 15 is 0 Å². The van der Waals surface area contributed by atoms with Gasteiger partial charge in [-0.05, 0) is 31.4 Å². The number of carbonyl (C=O) groups excluding carboxylic acids is 1. The van der Waals surface area contributed by atoms with E-state index in [1.165, 1.54) is 12.1 Å². The molecule has 19 heavy (non-hydrogen) atoms. The van der Waals surface area contributed by atoms with E-state index < -0.39 is 5.82 Å². The highest BCUT2D eigenvalue weighted by molar-refractivity contribution is 6.39. The van der Waals surface area contributed by atoms with Crippen LogP contribution in [0.5, 0.6) is 0 Å². The Morgan fingerprint density at radius 1 is 1.11 bits per heavy atom. The summed E-state index contributed by atoms with van der Waals surface area (Å²) in [6.07, 6.45) is 4.13. The lowest BCUT2D eigenvalue weighted by Gasteiger charge is -2.47. The van der Waals surface area contributed by atoms with Crippen molar-refractivity contribution in [1.82, 2.24) is 0 Å². The van der Waals surface area contributed by atoms with Crippen LogP contribution in [0.2, 0.25) is 10.0 Å². The molecule has 2 fully saturated rings. The first-order valence-electron chi connectivity index (χ1n) is 6.51. The van der Waals surface area contributed by atoms with Crippen LogP contribution in [0.15, 0.2) is 12.1 Å². The number of hydrogen-bond acceptors (Lipinski definition) is 2. The number of anilines is 1. The Kier molecular flexibility index (Phi) is 3.44. The van der Waals surface area contributed by atoms with Gasteiger partial charge in [-0.3, -0.25) is 4.79 Å². The number of fused-ring (bicyclic) bond motifs is 2. The second kappa shape index (κ2) is 4.95. The minimum Gasteiger partial charge on any atom is -0.362 e. The molecule has 0 N–H and O–H groups in total. The Hall–Kier alpha value is -0.800. The minimum absolute atomic E-state index is 0.153. The van der Waals surface area contributed by atoms with Crippen LogP contribution in [0.4, 0.5) is 10.1 Å². The van der Waals surface area contributed by atoms with Crippen LogP contribution >= 0.6 is 23.2 Å². The maximum Gasteiger partial charge on any atom is 0.137 e. The predicted octanol–water partition coefficient (Wildman–Crippen LogP) is 4.22. The average molecular weight is 302 g/mol. The zero-order valence-electron chi connectivity index (χ0n) is 10.3. The van der Waals surface area contributed by atoms with Gasteiger partial charge in [0.05, 0.1) is 15.7 Å². The van der Waals surface area contributed by atoms with Gasteiger partial charge < -0.3 is 4.90 Å². The molecular weight excluding hydrogens is 288 g/mol. The van der Waals surface area contributed by atoms with Gasteiger partial charge in [0.2, 0.25) is 0 Å². The first-order chi connectivity index (χ1) is 9.06. The summed E-state index contributed by atoms with van der Waals surface area (Å²) in [7, 11) is 0. The molecule has 0 amide bonds. The molecule has 5 heteroatoms. The zero-order valence-corrected chi connectivity index (χ0v) is 11.8. The Labute approximate surface area is 121 Å². The van der Waals surface area contributed by atoms with Gasteiger partial charge in [0, 0.05) is 24.9 Å². The minimum atomic E-state index is -0.433. The smallest absolute Gasteiger partial charge is 0.137 e. The average Bonchev–Trinajstić information content (AvgIpc) is 2.28. The molecule has 3 rings (SSSR count). The van der Waals surface area contributed by atoms with E-state index in [0.29, 0.717) is 34.4 Å². The summed E-state index contributed by atoms with van der Waals surface area (Å²) in [5.41, 5.74) is 0.687. The molecule has 2 unspecified atom stereocenters. The molecule has 2 nitrogen and oxygen atoms in total. The molecular formula is C14H14Cl2FNO. The van der Waals surface area contributed by atoms with Crippen LogP contribution in [-0.2, 0) is 4.79 Å². The summed E-state index contributed by atoms with van der Waals surface area (Å²) in [5, 5.41) is 0.660. The van der Waals surface area contributed by atoms with E-state index in [-0.39, 0.29) is 12.1 Å². The number of Topliss-reactive ketones (excluding diaryl/α,β-unsaturated/α-hetero) is 1. The second-order valence-corrected chi connectivity index (χ2v) is 6.13. The van der Waals surface area contributed by atoms with Crippen molar-refractivity contribution < 1.29 is 9.18 Å². The third-order valence-electron chi connectivity index (χ3n) is 4.03. The topological polar surface area (TPSA) is 20.3 Å². The molecule has 0 saturated carbocycles. The van der Waals surface area contributed by atoms with Crippen molar-refractivity contribution in [1.29, 1.82) is 0 Å². The Balaban J connectivity index is 2.04. The second-order valence-electron chi connectivity index (χ2n) is 5.31. The van der Waals surface area contributed by atoms with Gasteiger partial charge in [-0.1, -0.05) is 23.2 Å².